The van der Waals surface area contributed by atoms with Crippen LogP contribution < -0.4 is 68.2 Å². The number of aryl methyl sites for hydroxylation is 3. The Hall–Kier alpha value is -3.66. The van der Waals surface area contributed by atoms with Crippen LogP contribution in [0.2, 0.25) is 6.82 Å². The van der Waals surface area contributed by atoms with E-state index in [1.54, 1.807) is 45.0 Å². The van der Waals surface area contributed by atoms with Crippen molar-refractivity contribution in [2.24, 2.45) is 11.5 Å². The maximum absolute atomic E-state index is 12.8. The Labute approximate surface area is 877 Å². The molecule has 3 aromatic carbocycles. The van der Waals surface area contributed by atoms with Crippen molar-refractivity contribution in [3.8, 4) is 6.07 Å². The van der Waals surface area contributed by atoms with Crippen molar-refractivity contribution in [2.45, 2.75) is 327 Å². The molecule has 0 bridgehead atoms. The quantitative estimate of drug-likeness (QED) is 0.0281. The molecule has 8 aliphatic carbocycles. The Kier molecular flexibility index (Phi) is 52.2. The predicted octanol–water partition coefficient (Wildman–Crippen LogP) is 9.27. The normalized spacial score (nSPS) is 23.2. The molecule has 29 nitrogen and oxygen atoms in total. The second-order valence-electron chi connectivity index (χ2n) is 40.6. The first-order chi connectivity index (χ1) is 65.2. The number of nitriles is 1. The zero-order valence-electron chi connectivity index (χ0n) is 87.1. The number of rotatable bonds is 24. The summed E-state index contributed by atoms with van der Waals surface area (Å²) in [6.07, 6.45) is 38.7. The third-order valence-corrected chi connectivity index (χ3v) is 37.7. The maximum atomic E-state index is 12.8. The number of Topliss-reactive ketones (excluding diaryl/α,β-unsaturated/α-hetero) is 1. The first-order valence-corrected chi connectivity index (χ1v) is 56.5. The summed E-state index contributed by atoms with van der Waals surface area (Å²) in [5, 5.41) is 21.8. The number of nitrogens with two attached hydrogens (primary N) is 2. The molecular formula is C104H178BKN15O14S3. The van der Waals surface area contributed by atoms with E-state index in [2.05, 4.69) is 97.2 Å². The Morgan fingerprint density at radius 1 is 0.457 bits per heavy atom. The van der Waals surface area contributed by atoms with E-state index in [9.17, 15) is 49.5 Å². The predicted molar refractivity (Wildman–Crippen MR) is 549 cm³/mol. The monoisotopic (exact) mass is 2010 g/mol. The number of likely N-dealkylation sites (N-methyl/N-ethyl adjacent to an activating group) is 2. The summed E-state index contributed by atoms with van der Waals surface area (Å²) < 4.78 is 95.7. The van der Waals surface area contributed by atoms with Gasteiger partial charge in [0, 0.05) is 174 Å². The number of nitrogens with zero attached hydrogens (tertiary/aromatic N) is 12. The van der Waals surface area contributed by atoms with Crippen molar-refractivity contribution in [3.05, 3.63) is 96.9 Å². The minimum atomic E-state index is -3.48. The van der Waals surface area contributed by atoms with Crippen LogP contribution in [0.1, 0.15) is 263 Å². The average Bonchev–Trinajstić information content (AvgIpc) is 1.73. The van der Waals surface area contributed by atoms with Crippen LogP contribution in [0.5, 0.6) is 0 Å². The molecule has 138 heavy (non-hydrogen) atoms. The van der Waals surface area contributed by atoms with Crippen LogP contribution in [0.3, 0.4) is 0 Å². The second kappa shape index (κ2) is 59.4. The molecule has 0 spiro atoms. The zero-order chi connectivity index (χ0) is 98.5. The number of aliphatic hydroxyl groups is 1. The number of nitrogens with one attached hydrogen (secondary N) is 1. The molecule has 14 aliphatic rings. The largest absolute Gasteiger partial charge is 1.00 e. The third-order valence-electron chi connectivity index (χ3n) is 31.9. The van der Waals surface area contributed by atoms with Gasteiger partial charge in [0.1, 0.15) is 28.7 Å². The van der Waals surface area contributed by atoms with E-state index in [0.29, 0.717) is 110 Å². The van der Waals surface area contributed by atoms with Crippen molar-refractivity contribution in [1.29, 1.82) is 5.26 Å². The Balaban J connectivity index is 0.000000218. The molecule has 17 rings (SSSR count). The fourth-order valence-electron chi connectivity index (χ4n) is 23.0. The molecule has 14 fully saturated rings. The fourth-order valence-corrected chi connectivity index (χ4v) is 27.2. The topological polar surface area (TPSA) is 342 Å². The number of carbonyl (C=O) groups excluding carboxylic acids is 4. The molecular weight excluding hydrogens is 1830 g/mol. The summed E-state index contributed by atoms with van der Waals surface area (Å²) in [5.41, 5.74) is 13.3. The number of hydrogen-bond donors (Lipinski definition) is 4. The molecule has 34 heteroatoms. The van der Waals surface area contributed by atoms with Gasteiger partial charge >= 0.3 is 63.3 Å². The number of ketones is 1. The van der Waals surface area contributed by atoms with Gasteiger partial charge in [0.05, 0.1) is 47.1 Å². The third kappa shape index (κ3) is 33.7. The summed E-state index contributed by atoms with van der Waals surface area (Å²) in [4.78, 5) is 66.2. The van der Waals surface area contributed by atoms with Gasteiger partial charge in [-0.3, -0.25) is 38.9 Å². The van der Waals surface area contributed by atoms with E-state index in [4.69, 9.17) is 26.2 Å². The molecule has 1 radical (unpaired) electrons. The van der Waals surface area contributed by atoms with Gasteiger partial charge < -0.3 is 62.9 Å². The molecule has 775 valence electrons. The molecule has 0 aromatic heterocycles. The smallest absolute Gasteiger partial charge is 0.468 e. The van der Waals surface area contributed by atoms with E-state index in [-0.39, 0.29) is 88.4 Å². The molecule has 0 atom stereocenters. The SMILES string of the molecule is C1CCOC1.CCN(CC)CC1(N2CCNCC2)CCCC1.COC(=O)C1(N)CCCC1.COC(=O)C1(N2CCN(S(=O)(=O)c3ccc(C)cc3)CC2)CCCC1.C[B]N1CCN(C2(CN(CC)CC)CCCC2)CC1.Cc1ccc(S(=O)(=O)N2CCN(C3(C=O)CCCC3)CC2)cc1.Cc1ccc(S(=O)(=O)N2CCN(C3(CO)CCCC3)CC2)cc1.N#CC1(N)CCCC1.O=C1CCCC1.[CH3-].[K+]. The van der Waals surface area contributed by atoms with Gasteiger partial charge in [-0.25, -0.2) is 25.3 Å². The van der Waals surface area contributed by atoms with Crippen LogP contribution >= 0.6 is 0 Å². The second-order valence-corrected chi connectivity index (χ2v) is 46.4. The number of piperazine rings is 5. The number of aliphatic hydroxyl groups excluding tert-OH is 1. The van der Waals surface area contributed by atoms with Crippen molar-refractivity contribution < 1.29 is 115 Å². The van der Waals surface area contributed by atoms with Crippen LogP contribution in [-0.4, -0.2) is 357 Å². The van der Waals surface area contributed by atoms with Crippen molar-refractivity contribution in [1.82, 2.24) is 57.3 Å². The van der Waals surface area contributed by atoms with Gasteiger partial charge in [-0.05, 0) is 212 Å². The molecule has 6 aliphatic heterocycles. The van der Waals surface area contributed by atoms with Crippen LogP contribution in [-0.2, 0) is 63.5 Å². The number of benzene rings is 3. The molecule has 0 unspecified atom stereocenters. The molecule has 3 aromatic rings. The summed E-state index contributed by atoms with van der Waals surface area (Å²) in [6, 6.07) is 23.1. The number of aldehydes is 1. The standard InChI is InChI=1S/C18H26N2O4S.C17H26N2O3S.C17H24N2O3S.C15H31BN3.C14H29N3.C7H13NO2.C6H10N2.C5H8O.C4H8O.CH3.K/c1-15-5-7-16(8-6-15)25(22,23)20-13-11-19(12-14-20)18(17(21)24-2)9-3-4-10-18;2*1-15-4-6-16(7-5-15)23(21,22)19-12-10-18(11-13-19)17(14-20)8-2-3-9-17;1-4-17(5-2)14-15(8-6-7-9-15)18-10-12-19(16-3)13-11-18;1-3-16(4-2)13-14(7-5-6-8-14)17-11-9-15-10-12-17;1-10-6(9)7(8)4-2-3-5-7;7-5-6(8)3-1-2-4-6;6-5-3-1-2-4-5;1-2-4-5-3-1;;/h5-8H,3-4,9-14H2,1-2H3;4-7,20H,2-3,8-14H2,1H3;4-7,14H,2-3,8-13H2,1H3;4-14H2,1-3H3;15H,3-13H2,1-2H3;2-5,8H2,1H3;1-4,8H2;1-4H2;1-4H2;1H3;/q;;;;;;;;;-1;+1. The van der Waals surface area contributed by atoms with Crippen molar-refractivity contribution >= 4 is 61.5 Å². The van der Waals surface area contributed by atoms with Gasteiger partial charge in [0.15, 0.2) is 0 Å². The molecule has 8 saturated carbocycles. The van der Waals surface area contributed by atoms with Gasteiger partial charge in [-0.1, -0.05) is 177 Å². The van der Waals surface area contributed by atoms with E-state index in [0.717, 1.165) is 190 Å². The fraction of sp³-hybridized carbons (Fsp3) is 0.769. The first-order valence-electron chi connectivity index (χ1n) is 52.2. The minimum absolute atomic E-state index is 0. The number of methoxy groups -OCH3 is 2. The van der Waals surface area contributed by atoms with Crippen LogP contribution in [0.4, 0.5) is 0 Å². The number of ether oxygens (including phenoxy) is 3. The number of hydrogen-bond acceptors (Lipinski definition) is 26. The van der Waals surface area contributed by atoms with Crippen LogP contribution in [0.15, 0.2) is 87.5 Å². The van der Waals surface area contributed by atoms with E-state index >= 15 is 0 Å². The molecule has 0 amide bonds. The first kappa shape index (κ1) is 121. The molecule has 6 heterocycles. The van der Waals surface area contributed by atoms with Gasteiger partial charge in [0.25, 0.3) is 0 Å². The number of esters is 2. The summed E-state index contributed by atoms with van der Waals surface area (Å²) >= 11 is 0. The Morgan fingerprint density at radius 2 is 0.775 bits per heavy atom. The maximum Gasteiger partial charge on any atom is 1.00 e. The number of sulfonamides is 3. The average molecular weight is 2010 g/mol. The molecule has 6 saturated heterocycles. The minimum Gasteiger partial charge on any atom is -0.468 e. The molecule has 6 N–H and O–H groups in total. The van der Waals surface area contributed by atoms with Gasteiger partial charge in [-0.2, -0.15) is 18.2 Å². The van der Waals surface area contributed by atoms with Crippen molar-refractivity contribution in [2.75, 3.05) is 204 Å². The zero-order valence-corrected chi connectivity index (χ0v) is 92.7. The van der Waals surface area contributed by atoms with E-state index in [1.807, 2.05) is 57.2 Å². The summed E-state index contributed by atoms with van der Waals surface area (Å²) in [6.45, 7) is 43.0. The van der Waals surface area contributed by atoms with Gasteiger partial charge in [-0.15, -0.1) is 0 Å². The van der Waals surface area contributed by atoms with Crippen molar-refractivity contribution in [3.63, 3.8) is 0 Å². The number of carbonyl (C=O) groups is 4. The summed E-state index contributed by atoms with van der Waals surface area (Å²) in [7, 11) is -5.25. The van der Waals surface area contributed by atoms with E-state index < -0.39 is 46.7 Å². The Morgan fingerprint density at radius 3 is 1.09 bits per heavy atom. The van der Waals surface area contributed by atoms with Gasteiger partial charge in [0.2, 0.25) is 37.5 Å². The van der Waals surface area contributed by atoms with E-state index in [1.165, 1.54) is 174 Å². The summed E-state index contributed by atoms with van der Waals surface area (Å²) in [5.74, 6) is 0.0137. The van der Waals surface area contributed by atoms with Crippen LogP contribution in [0.25, 0.3) is 0 Å². The Bertz CT molecular complexity index is 4400. The van der Waals surface area contributed by atoms with Crippen LogP contribution in [0, 0.1) is 39.5 Å².